The molecule has 0 bridgehead atoms. The van der Waals surface area contributed by atoms with Crippen molar-refractivity contribution in [2.45, 2.75) is 20.0 Å². The molecule has 1 aromatic carbocycles. The Morgan fingerprint density at radius 1 is 1.26 bits per heavy atom. The summed E-state index contributed by atoms with van der Waals surface area (Å²) < 4.78 is 5.40. The second-order valence-electron chi connectivity index (χ2n) is 4.51. The van der Waals surface area contributed by atoms with E-state index in [9.17, 15) is 0 Å². The van der Waals surface area contributed by atoms with Gasteiger partial charge in [0, 0.05) is 31.0 Å². The Bertz CT molecular complexity index is 600. The van der Waals surface area contributed by atoms with Gasteiger partial charge in [-0.05, 0) is 30.2 Å². The average Bonchev–Trinajstić information content (AvgIpc) is 2.82. The highest BCUT2D eigenvalue weighted by Gasteiger charge is 2.21. The standard InChI is InChI=1S/C14H16N4O/c1-2-19-13-5-6-16-14(17-13)18-8-10-3-4-12(15)7-11(10)9-18/h3-7H,2,8-9,15H2,1H3. The predicted octanol–water partition coefficient (Wildman–Crippen LogP) is 1.98. The van der Waals surface area contributed by atoms with E-state index in [1.165, 1.54) is 11.1 Å². The van der Waals surface area contributed by atoms with Crippen LogP contribution in [-0.4, -0.2) is 16.6 Å². The molecule has 2 N–H and O–H groups in total. The predicted molar refractivity (Wildman–Crippen MR) is 73.9 cm³/mol. The zero-order chi connectivity index (χ0) is 13.2. The van der Waals surface area contributed by atoms with Crippen molar-refractivity contribution in [2.75, 3.05) is 17.2 Å². The average molecular weight is 256 g/mol. The smallest absolute Gasteiger partial charge is 0.229 e. The molecule has 0 atom stereocenters. The molecule has 0 saturated heterocycles. The summed E-state index contributed by atoms with van der Waals surface area (Å²) in [4.78, 5) is 10.8. The van der Waals surface area contributed by atoms with Crippen LogP contribution in [0.25, 0.3) is 0 Å². The summed E-state index contributed by atoms with van der Waals surface area (Å²) in [5.74, 6) is 1.31. The van der Waals surface area contributed by atoms with E-state index in [4.69, 9.17) is 10.5 Å². The van der Waals surface area contributed by atoms with Gasteiger partial charge >= 0.3 is 0 Å². The number of aromatic nitrogens is 2. The molecule has 19 heavy (non-hydrogen) atoms. The fourth-order valence-corrected chi connectivity index (χ4v) is 2.27. The molecular weight excluding hydrogens is 240 g/mol. The van der Waals surface area contributed by atoms with Crippen LogP contribution >= 0.6 is 0 Å². The molecule has 3 rings (SSSR count). The van der Waals surface area contributed by atoms with E-state index in [-0.39, 0.29) is 0 Å². The van der Waals surface area contributed by atoms with Crippen LogP contribution in [0.2, 0.25) is 0 Å². The first-order valence-corrected chi connectivity index (χ1v) is 6.34. The van der Waals surface area contributed by atoms with E-state index >= 15 is 0 Å². The van der Waals surface area contributed by atoms with Crippen LogP contribution in [0.5, 0.6) is 5.88 Å². The third-order valence-corrected chi connectivity index (χ3v) is 3.15. The van der Waals surface area contributed by atoms with E-state index in [1.807, 2.05) is 19.1 Å². The van der Waals surface area contributed by atoms with Crippen LogP contribution in [0.4, 0.5) is 11.6 Å². The topological polar surface area (TPSA) is 64.3 Å². The van der Waals surface area contributed by atoms with Crippen LogP contribution in [0.1, 0.15) is 18.1 Å². The van der Waals surface area contributed by atoms with Gasteiger partial charge in [0.15, 0.2) is 0 Å². The Morgan fingerprint density at radius 3 is 2.95 bits per heavy atom. The fourth-order valence-electron chi connectivity index (χ4n) is 2.27. The maximum atomic E-state index is 5.81. The van der Waals surface area contributed by atoms with Crippen LogP contribution in [0, 0.1) is 0 Å². The number of nitrogens with two attached hydrogens (primary N) is 1. The van der Waals surface area contributed by atoms with Crippen molar-refractivity contribution in [3.05, 3.63) is 41.6 Å². The molecule has 98 valence electrons. The van der Waals surface area contributed by atoms with Gasteiger partial charge in [-0.3, -0.25) is 0 Å². The number of hydrogen-bond acceptors (Lipinski definition) is 5. The highest BCUT2D eigenvalue weighted by Crippen LogP contribution is 2.27. The van der Waals surface area contributed by atoms with Gasteiger partial charge in [-0.15, -0.1) is 0 Å². The normalized spacial score (nSPS) is 13.4. The molecule has 0 radical (unpaired) electrons. The summed E-state index contributed by atoms with van der Waals surface area (Å²) >= 11 is 0. The van der Waals surface area contributed by atoms with Crippen molar-refractivity contribution < 1.29 is 4.74 Å². The molecule has 5 heteroatoms. The van der Waals surface area contributed by atoms with Gasteiger partial charge < -0.3 is 15.4 Å². The summed E-state index contributed by atoms with van der Waals surface area (Å²) in [7, 11) is 0. The van der Waals surface area contributed by atoms with Gasteiger partial charge in [0.2, 0.25) is 11.8 Å². The first-order valence-electron chi connectivity index (χ1n) is 6.34. The lowest BCUT2D eigenvalue weighted by Gasteiger charge is -2.15. The molecule has 2 aromatic rings. The lowest BCUT2D eigenvalue weighted by Crippen LogP contribution is -2.17. The van der Waals surface area contributed by atoms with Gasteiger partial charge in [-0.1, -0.05) is 6.07 Å². The summed E-state index contributed by atoms with van der Waals surface area (Å²) in [6, 6.07) is 7.78. The zero-order valence-electron chi connectivity index (χ0n) is 10.8. The largest absolute Gasteiger partial charge is 0.478 e. The van der Waals surface area contributed by atoms with Crippen molar-refractivity contribution in [3.8, 4) is 5.88 Å². The lowest BCUT2D eigenvalue weighted by molar-refractivity contribution is 0.326. The minimum atomic E-state index is 0.604. The molecule has 1 aromatic heterocycles. The number of nitrogen functional groups attached to an aromatic ring is 1. The molecule has 1 aliphatic heterocycles. The van der Waals surface area contributed by atoms with Crippen LogP contribution in [-0.2, 0) is 13.1 Å². The van der Waals surface area contributed by atoms with E-state index in [0.717, 1.165) is 18.8 Å². The summed E-state index contributed by atoms with van der Waals surface area (Å²) in [6.45, 7) is 4.14. The van der Waals surface area contributed by atoms with Gasteiger partial charge in [-0.25, -0.2) is 4.98 Å². The Labute approximate surface area is 112 Å². The number of anilines is 2. The number of fused-ring (bicyclic) bond motifs is 1. The Kier molecular flexibility index (Phi) is 2.95. The first-order chi connectivity index (χ1) is 9.26. The number of rotatable bonds is 3. The van der Waals surface area contributed by atoms with Crippen molar-refractivity contribution in [2.24, 2.45) is 0 Å². The zero-order valence-corrected chi connectivity index (χ0v) is 10.8. The van der Waals surface area contributed by atoms with E-state index in [0.29, 0.717) is 18.4 Å². The molecule has 0 amide bonds. The first kappa shape index (κ1) is 11.8. The summed E-state index contributed by atoms with van der Waals surface area (Å²) in [6.07, 6.45) is 1.73. The highest BCUT2D eigenvalue weighted by atomic mass is 16.5. The maximum absolute atomic E-state index is 5.81. The number of nitrogens with zero attached hydrogens (tertiary/aromatic N) is 3. The van der Waals surface area contributed by atoms with Crippen LogP contribution in [0.3, 0.4) is 0 Å². The molecular formula is C14H16N4O. The third kappa shape index (κ3) is 2.31. The molecule has 5 nitrogen and oxygen atoms in total. The van der Waals surface area contributed by atoms with Gasteiger partial charge in [0.25, 0.3) is 0 Å². The monoisotopic (exact) mass is 256 g/mol. The molecule has 0 fully saturated rings. The maximum Gasteiger partial charge on any atom is 0.229 e. The van der Waals surface area contributed by atoms with Gasteiger partial charge in [-0.2, -0.15) is 4.98 Å². The van der Waals surface area contributed by atoms with E-state index < -0.39 is 0 Å². The summed E-state index contributed by atoms with van der Waals surface area (Å²) in [5, 5.41) is 0. The van der Waals surface area contributed by atoms with Crippen molar-refractivity contribution >= 4 is 11.6 Å². The molecule has 0 spiro atoms. The SMILES string of the molecule is CCOc1ccnc(N2Cc3ccc(N)cc3C2)n1. The fraction of sp³-hybridized carbons (Fsp3) is 0.286. The van der Waals surface area contributed by atoms with Gasteiger partial charge in [0.05, 0.1) is 6.61 Å². The Balaban J connectivity index is 1.84. The number of ether oxygens (including phenoxy) is 1. The van der Waals surface area contributed by atoms with Crippen molar-refractivity contribution in [3.63, 3.8) is 0 Å². The second kappa shape index (κ2) is 4.76. The number of benzene rings is 1. The molecule has 0 saturated carbocycles. The molecule has 0 aliphatic carbocycles. The highest BCUT2D eigenvalue weighted by molar-refractivity contribution is 5.51. The van der Waals surface area contributed by atoms with Crippen LogP contribution in [0.15, 0.2) is 30.5 Å². The quantitative estimate of drug-likeness (QED) is 0.851. The van der Waals surface area contributed by atoms with Crippen LogP contribution < -0.4 is 15.4 Å². The third-order valence-electron chi connectivity index (χ3n) is 3.15. The van der Waals surface area contributed by atoms with E-state index in [2.05, 4.69) is 20.9 Å². The van der Waals surface area contributed by atoms with Crippen molar-refractivity contribution in [1.82, 2.24) is 9.97 Å². The van der Waals surface area contributed by atoms with Crippen molar-refractivity contribution in [1.29, 1.82) is 0 Å². The Morgan fingerprint density at radius 2 is 2.11 bits per heavy atom. The number of hydrogen-bond donors (Lipinski definition) is 1. The molecule has 2 heterocycles. The molecule has 1 aliphatic rings. The second-order valence-corrected chi connectivity index (χ2v) is 4.51. The Hall–Kier alpha value is -2.30. The van der Waals surface area contributed by atoms with E-state index in [1.54, 1.807) is 12.3 Å². The van der Waals surface area contributed by atoms with Gasteiger partial charge in [0.1, 0.15) is 0 Å². The molecule has 0 unspecified atom stereocenters. The minimum absolute atomic E-state index is 0.604. The minimum Gasteiger partial charge on any atom is -0.478 e. The lowest BCUT2D eigenvalue weighted by atomic mass is 10.1. The summed E-state index contributed by atoms with van der Waals surface area (Å²) in [5.41, 5.74) is 9.12.